The molecule has 1 aromatic carbocycles. The van der Waals surface area contributed by atoms with Crippen LogP contribution in [0.1, 0.15) is 26.2 Å². The van der Waals surface area contributed by atoms with Gasteiger partial charge in [0.05, 0.1) is 0 Å². The van der Waals surface area contributed by atoms with E-state index >= 15 is 0 Å². The second-order valence-corrected chi connectivity index (χ2v) is 7.81. The van der Waals surface area contributed by atoms with Crippen LogP contribution in [-0.4, -0.2) is 48.7 Å². The number of piperidine rings is 1. The lowest BCUT2D eigenvalue weighted by molar-refractivity contribution is -0.119. The molecule has 2 atom stereocenters. The van der Waals surface area contributed by atoms with Crippen molar-refractivity contribution in [1.82, 2.24) is 10.2 Å². The average Bonchev–Trinajstić information content (AvgIpc) is 2.56. The highest BCUT2D eigenvalue weighted by Gasteiger charge is 2.23. The Kier molecular flexibility index (Phi) is 10.3. The van der Waals surface area contributed by atoms with Crippen molar-refractivity contribution >= 4 is 47.6 Å². The van der Waals surface area contributed by atoms with E-state index in [4.69, 9.17) is 5.73 Å². The minimum Gasteiger partial charge on any atom is -0.370 e. The van der Waals surface area contributed by atoms with Gasteiger partial charge in [-0.15, -0.1) is 35.7 Å². The first-order valence-corrected chi connectivity index (χ1v) is 9.42. The molecule has 7 heteroatoms. The number of carbonyl (C=O) groups excluding carboxylic acids is 1. The van der Waals surface area contributed by atoms with E-state index in [1.165, 1.54) is 4.90 Å². The van der Waals surface area contributed by atoms with Crippen LogP contribution in [0.4, 0.5) is 0 Å². The summed E-state index contributed by atoms with van der Waals surface area (Å²) in [6, 6.07) is 10.4. The summed E-state index contributed by atoms with van der Waals surface area (Å²) in [7, 11) is 1.81. The number of carbonyl (C=O) groups is 1. The molecule has 0 aliphatic carbocycles. The molecule has 0 saturated carbocycles. The smallest absolute Gasteiger partial charge is 0.217 e. The minimum atomic E-state index is -0.210. The Balaban J connectivity index is 0.00000312. The number of likely N-dealkylation sites (tertiary alicyclic amines) is 1. The maximum Gasteiger partial charge on any atom is 0.217 e. The number of hydrogen-bond acceptors (Lipinski definition) is 3. The van der Waals surface area contributed by atoms with Crippen LogP contribution < -0.4 is 11.1 Å². The molecule has 1 saturated heterocycles. The van der Waals surface area contributed by atoms with E-state index in [-0.39, 0.29) is 29.9 Å². The highest BCUT2D eigenvalue weighted by atomic mass is 127. The van der Waals surface area contributed by atoms with Crippen LogP contribution in [0.25, 0.3) is 0 Å². The monoisotopic (exact) mass is 476 g/mol. The van der Waals surface area contributed by atoms with Crippen molar-refractivity contribution in [1.29, 1.82) is 0 Å². The summed E-state index contributed by atoms with van der Waals surface area (Å²) >= 11 is 1.85. The number of nitrogens with one attached hydrogen (secondary N) is 1. The lowest BCUT2D eigenvalue weighted by Gasteiger charge is -2.35. The standard InChI is InChI=1S/C18H28N4OS.HI/c1-14(24-16-8-4-3-5-9-16)12-21-18(20-2)22-10-6-7-15(13-22)11-17(19)23;/h3-5,8-9,14-15H,6-7,10-13H2,1-2H3,(H2,19,23)(H,20,21);1H. The van der Waals surface area contributed by atoms with Crippen LogP contribution in [0, 0.1) is 5.92 Å². The Morgan fingerprint density at radius 1 is 1.44 bits per heavy atom. The zero-order valence-corrected chi connectivity index (χ0v) is 18.1. The van der Waals surface area contributed by atoms with Crippen LogP contribution in [0.3, 0.4) is 0 Å². The quantitative estimate of drug-likeness (QED) is 0.287. The zero-order valence-electron chi connectivity index (χ0n) is 15.0. The number of halogens is 1. The number of nitrogens with two attached hydrogens (primary N) is 1. The minimum absolute atomic E-state index is 0. The van der Waals surface area contributed by atoms with E-state index in [1.54, 1.807) is 0 Å². The van der Waals surface area contributed by atoms with Gasteiger partial charge in [0.15, 0.2) is 5.96 Å². The molecule has 1 aliphatic rings. The molecule has 140 valence electrons. The molecule has 0 radical (unpaired) electrons. The van der Waals surface area contributed by atoms with Gasteiger partial charge >= 0.3 is 0 Å². The van der Waals surface area contributed by atoms with Crippen molar-refractivity contribution in [2.45, 2.75) is 36.3 Å². The Hall–Kier alpha value is -0.960. The molecule has 0 aromatic heterocycles. The largest absolute Gasteiger partial charge is 0.370 e. The van der Waals surface area contributed by atoms with E-state index < -0.39 is 0 Å². The fourth-order valence-corrected chi connectivity index (χ4v) is 3.99. The Bertz CT molecular complexity index is 555. The lowest BCUT2D eigenvalue weighted by atomic mass is 9.95. The summed E-state index contributed by atoms with van der Waals surface area (Å²) < 4.78 is 0. The number of hydrogen-bond donors (Lipinski definition) is 2. The third-order valence-corrected chi connectivity index (χ3v) is 5.26. The van der Waals surface area contributed by atoms with Gasteiger partial charge in [-0.05, 0) is 30.9 Å². The summed E-state index contributed by atoms with van der Waals surface area (Å²) in [5.74, 6) is 1.05. The van der Waals surface area contributed by atoms with Crippen molar-refractivity contribution in [3.63, 3.8) is 0 Å². The van der Waals surface area contributed by atoms with Gasteiger partial charge in [-0.25, -0.2) is 0 Å². The summed E-state index contributed by atoms with van der Waals surface area (Å²) in [5.41, 5.74) is 5.34. The molecular formula is C18H29IN4OS. The first kappa shape index (κ1) is 22.1. The van der Waals surface area contributed by atoms with Crippen molar-refractivity contribution in [2.24, 2.45) is 16.6 Å². The van der Waals surface area contributed by atoms with E-state index in [0.717, 1.165) is 38.4 Å². The zero-order chi connectivity index (χ0) is 17.4. The summed E-state index contributed by atoms with van der Waals surface area (Å²) in [5, 5.41) is 3.91. The average molecular weight is 476 g/mol. The third-order valence-electron chi connectivity index (χ3n) is 4.15. The van der Waals surface area contributed by atoms with E-state index in [0.29, 0.717) is 17.6 Å². The molecule has 5 nitrogen and oxygen atoms in total. The molecule has 1 amide bonds. The van der Waals surface area contributed by atoms with Crippen molar-refractivity contribution in [3.05, 3.63) is 30.3 Å². The first-order chi connectivity index (χ1) is 11.6. The maximum absolute atomic E-state index is 11.2. The van der Waals surface area contributed by atoms with Crippen LogP contribution in [0.15, 0.2) is 40.2 Å². The van der Waals surface area contributed by atoms with E-state index in [1.807, 2.05) is 24.9 Å². The van der Waals surface area contributed by atoms with Gasteiger partial charge in [-0.2, -0.15) is 0 Å². The molecule has 3 N–H and O–H groups in total. The summed E-state index contributed by atoms with van der Waals surface area (Å²) in [4.78, 5) is 19.1. The first-order valence-electron chi connectivity index (χ1n) is 8.54. The van der Waals surface area contributed by atoms with Gasteiger partial charge in [0.1, 0.15) is 0 Å². The molecule has 25 heavy (non-hydrogen) atoms. The van der Waals surface area contributed by atoms with Crippen LogP contribution >= 0.6 is 35.7 Å². The van der Waals surface area contributed by atoms with Crippen molar-refractivity contribution in [2.75, 3.05) is 26.7 Å². The van der Waals surface area contributed by atoms with Gasteiger partial charge in [0, 0.05) is 43.2 Å². The highest BCUT2D eigenvalue weighted by molar-refractivity contribution is 14.0. The van der Waals surface area contributed by atoms with Crippen molar-refractivity contribution in [3.8, 4) is 0 Å². The van der Waals surface area contributed by atoms with Gasteiger partial charge < -0.3 is 16.0 Å². The molecular weight excluding hydrogens is 447 g/mol. The molecule has 2 rings (SSSR count). The predicted molar refractivity (Wildman–Crippen MR) is 117 cm³/mol. The molecule has 1 heterocycles. The molecule has 1 aromatic rings. The number of primary amides is 1. The number of aliphatic imine (C=N–C) groups is 1. The van der Waals surface area contributed by atoms with Gasteiger partial charge in [-0.1, -0.05) is 25.1 Å². The highest BCUT2D eigenvalue weighted by Crippen LogP contribution is 2.22. The van der Waals surface area contributed by atoms with Crippen LogP contribution in [0.5, 0.6) is 0 Å². The summed E-state index contributed by atoms with van der Waals surface area (Å²) in [6.07, 6.45) is 2.61. The second kappa shape index (κ2) is 11.6. The van der Waals surface area contributed by atoms with Crippen LogP contribution in [-0.2, 0) is 4.79 Å². The second-order valence-electron chi connectivity index (χ2n) is 6.29. The Morgan fingerprint density at radius 2 is 2.16 bits per heavy atom. The number of rotatable bonds is 6. The number of guanidine groups is 1. The lowest BCUT2D eigenvalue weighted by Crippen LogP contribution is -2.48. The van der Waals surface area contributed by atoms with Crippen LogP contribution in [0.2, 0.25) is 0 Å². The predicted octanol–water partition coefficient (Wildman–Crippen LogP) is 2.95. The number of benzene rings is 1. The number of nitrogens with zero attached hydrogens (tertiary/aromatic N) is 2. The molecule has 0 bridgehead atoms. The van der Waals surface area contributed by atoms with E-state index in [9.17, 15) is 4.79 Å². The number of amides is 1. The Morgan fingerprint density at radius 3 is 2.80 bits per heavy atom. The SMILES string of the molecule is CN=C(NCC(C)Sc1ccccc1)N1CCCC(CC(N)=O)C1.I. The molecule has 0 spiro atoms. The molecule has 2 unspecified atom stereocenters. The fourth-order valence-electron chi connectivity index (χ4n) is 3.05. The Labute approximate surface area is 172 Å². The normalized spacial score (nSPS) is 19.0. The summed E-state index contributed by atoms with van der Waals surface area (Å²) in [6.45, 7) is 4.89. The molecule has 1 fully saturated rings. The van der Waals surface area contributed by atoms with Gasteiger partial charge in [-0.3, -0.25) is 9.79 Å². The third kappa shape index (κ3) is 7.85. The molecule has 1 aliphatic heterocycles. The topological polar surface area (TPSA) is 70.7 Å². The van der Waals surface area contributed by atoms with Gasteiger partial charge in [0.2, 0.25) is 5.91 Å². The van der Waals surface area contributed by atoms with E-state index in [2.05, 4.69) is 46.4 Å². The fraction of sp³-hybridized carbons (Fsp3) is 0.556. The van der Waals surface area contributed by atoms with Crippen molar-refractivity contribution < 1.29 is 4.79 Å². The number of thioether (sulfide) groups is 1. The maximum atomic E-state index is 11.2. The van der Waals surface area contributed by atoms with Gasteiger partial charge in [0.25, 0.3) is 0 Å².